The van der Waals surface area contributed by atoms with E-state index in [1.807, 2.05) is 19.9 Å². The Morgan fingerprint density at radius 1 is 1.17 bits per heavy atom. The third-order valence-corrected chi connectivity index (χ3v) is 2.40. The van der Waals surface area contributed by atoms with Crippen LogP contribution in [0.5, 0.6) is 11.8 Å². The average molecular weight is 247 g/mol. The summed E-state index contributed by atoms with van der Waals surface area (Å²) in [6.45, 7) is 3.95. The molecule has 1 heterocycles. The van der Waals surface area contributed by atoms with Gasteiger partial charge in [0, 0.05) is 17.9 Å². The fourth-order valence-electron chi connectivity index (χ4n) is 1.59. The lowest BCUT2D eigenvalue weighted by atomic mass is 10.2. The predicted octanol–water partition coefficient (Wildman–Crippen LogP) is 2.48. The molecule has 0 saturated carbocycles. The summed E-state index contributed by atoms with van der Waals surface area (Å²) in [5.74, 6) is -0.377. The van der Waals surface area contributed by atoms with E-state index in [-0.39, 0.29) is 18.3 Å². The first-order chi connectivity index (χ1) is 8.58. The van der Waals surface area contributed by atoms with Crippen LogP contribution in [0.15, 0.2) is 24.3 Å². The summed E-state index contributed by atoms with van der Waals surface area (Å²) >= 11 is 0. The van der Waals surface area contributed by atoms with Gasteiger partial charge in [-0.25, -0.2) is 14.4 Å². The lowest BCUT2D eigenvalue weighted by Gasteiger charge is -2.07. The minimum atomic E-state index is -0.472. The molecule has 94 valence electrons. The summed E-state index contributed by atoms with van der Waals surface area (Å²) in [7, 11) is 0. The maximum atomic E-state index is 13.7. The van der Waals surface area contributed by atoms with Crippen LogP contribution in [-0.4, -0.2) is 9.97 Å². The van der Waals surface area contributed by atoms with E-state index in [0.29, 0.717) is 5.56 Å². The van der Waals surface area contributed by atoms with Gasteiger partial charge in [-0.3, -0.25) is 0 Å². The second kappa shape index (κ2) is 5.10. The Bertz CT molecular complexity index is 552. The van der Waals surface area contributed by atoms with Crippen molar-refractivity contribution in [2.45, 2.75) is 20.4 Å². The van der Waals surface area contributed by atoms with E-state index >= 15 is 0 Å². The smallest absolute Gasteiger partial charge is 0.322 e. The second-order valence-corrected chi connectivity index (χ2v) is 4.00. The molecule has 2 rings (SSSR count). The van der Waals surface area contributed by atoms with Gasteiger partial charge in [0.2, 0.25) is 0 Å². The number of aryl methyl sites for hydroxylation is 2. The van der Waals surface area contributed by atoms with Crippen molar-refractivity contribution in [3.63, 3.8) is 0 Å². The molecule has 4 nitrogen and oxygen atoms in total. The first-order valence-corrected chi connectivity index (χ1v) is 5.57. The normalized spacial score (nSPS) is 10.4. The van der Waals surface area contributed by atoms with E-state index in [1.54, 1.807) is 6.07 Å². The molecule has 0 saturated heterocycles. The highest BCUT2D eigenvalue weighted by Gasteiger charge is 2.08. The van der Waals surface area contributed by atoms with E-state index in [1.165, 1.54) is 12.1 Å². The molecule has 0 spiro atoms. The zero-order valence-electron chi connectivity index (χ0n) is 10.3. The topological polar surface area (TPSA) is 61.0 Å². The third-order valence-electron chi connectivity index (χ3n) is 2.40. The van der Waals surface area contributed by atoms with Gasteiger partial charge in [-0.2, -0.15) is 0 Å². The zero-order chi connectivity index (χ0) is 13.1. The summed E-state index contributed by atoms with van der Waals surface area (Å²) in [4.78, 5) is 8.18. The Labute approximate surface area is 105 Å². The number of rotatable bonds is 3. The maximum absolute atomic E-state index is 13.7. The number of nitrogens with two attached hydrogens (primary N) is 1. The lowest BCUT2D eigenvalue weighted by Crippen LogP contribution is -2.00. The summed E-state index contributed by atoms with van der Waals surface area (Å²) in [5, 5.41) is 0. The maximum Gasteiger partial charge on any atom is 0.322 e. The highest BCUT2D eigenvalue weighted by molar-refractivity contribution is 5.31. The van der Waals surface area contributed by atoms with Crippen molar-refractivity contribution in [2.24, 2.45) is 5.73 Å². The fraction of sp³-hybridized carbons (Fsp3) is 0.231. The SMILES string of the molecule is Cc1cc(C)nc(Oc2ccc(CN)cc2F)n1. The molecular weight excluding hydrogens is 233 g/mol. The molecule has 0 aliphatic heterocycles. The molecule has 1 aromatic carbocycles. The van der Waals surface area contributed by atoms with Gasteiger partial charge in [0.05, 0.1) is 0 Å². The van der Waals surface area contributed by atoms with Crippen molar-refractivity contribution in [3.8, 4) is 11.8 Å². The largest absolute Gasteiger partial charge is 0.421 e. The minimum Gasteiger partial charge on any atom is -0.421 e. The highest BCUT2D eigenvalue weighted by Crippen LogP contribution is 2.23. The molecule has 0 fully saturated rings. The summed E-state index contributed by atoms with van der Waals surface area (Å²) < 4.78 is 19.0. The molecular formula is C13H14FN3O. The van der Waals surface area contributed by atoms with E-state index in [9.17, 15) is 4.39 Å². The van der Waals surface area contributed by atoms with Gasteiger partial charge < -0.3 is 10.5 Å². The van der Waals surface area contributed by atoms with Crippen LogP contribution in [0, 0.1) is 19.7 Å². The Morgan fingerprint density at radius 2 is 1.83 bits per heavy atom. The molecule has 0 bridgehead atoms. The first-order valence-electron chi connectivity index (χ1n) is 5.57. The number of hydrogen-bond acceptors (Lipinski definition) is 4. The second-order valence-electron chi connectivity index (χ2n) is 4.00. The van der Waals surface area contributed by atoms with Crippen molar-refractivity contribution in [1.82, 2.24) is 9.97 Å². The molecule has 5 heteroatoms. The molecule has 0 amide bonds. The van der Waals surface area contributed by atoms with Crippen LogP contribution >= 0.6 is 0 Å². The number of nitrogens with zero attached hydrogens (tertiary/aromatic N) is 2. The van der Waals surface area contributed by atoms with Gasteiger partial charge in [0.15, 0.2) is 11.6 Å². The van der Waals surface area contributed by atoms with Crippen LogP contribution in [0.4, 0.5) is 4.39 Å². The quantitative estimate of drug-likeness (QED) is 0.905. The third kappa shape index (κ3) is 2.81. The van der Waals surface area contributed by atoms with Gasteiger partial charge in [-0.15, -0.1) is 0 Å². The van der Waals surface area contributed by atoms with Gasteiger partial charge in [-0.1, -0.05) is 6.07 Å². The van der Waals surface area contributed by atoms with E-state index in [2.05, 4.69) is 9.97 Å². The molecule has 0 aliphatic rings. The highest BCUT2D eigenvalue weighted by atomic mass is 19.1. The predicted molar refractivity (Wildman–Crippen MR) is 65.9 cm³/mol. The Kier molecular flexibility index (Phi) is 3.53. The van der Waals surface area contributed by atoms with Crippen molar-refractivity contribution in [3.05, 3.63) is 47.0 Å². The summed E-state index contributed by atoms with van der Waals surface area (Å²) in [5.41, 5.74) is 7.69. The van der Waals surface area contributed by atoms with E-state index in [4.69, 9.17) is 10.5 Å². The van der Waals surface area contributed by atoms with Crippen LogP contribution < -0.4 is 10.5 Å². The van der Waals surface area contributed by atoms with Crippen molar-refractivity contribution < 1.29 is 9.13 Å². The molecule has 0 radical (unpaired) electrons. The molecule has 0 aliphatic carbocycles. The Balaban J connectivity index is 2.28. The van der Waals surface area contributed by atoms with Gasteiger partial charge in [0.1, 0.15) is 0 Å². The lowest BCUT2D eigenvalue weighted by molar-refractivity contribution is 0.408. The monoisotopic (exact) mass is 247 g/mol. The van der Waals surface area contributed by atoms with Crippen LogP contribution in [0.1, 0.15) is 17.0 Å². The minimum absolute atomic E-state index is 0.0946. The van der Waals surface area contributed by atoms with E-state index in [0.717, 1.165) is 11.4 Å². The van der Waals surface area contributed by atoms with Crippen LogP contribution in [0.25, 0.3) is 0 Å². The number of halogens is 1. The number of hydrogen-bond donors (Lipinski definition) is 1. The number of benzene rings is 1. The van der Waals surface area contributed by atoms with Crippen LogP contribution in [-0.2, 0) is 6.54 Å². The zero-order valence-corrected chi connectivity index (χ0v) is 10.3. The van der Waals surface area contributed by atoms with Gasteiger partial charge >= 0.3 is 6.01 Å². The Hall–Kier alpha value is -2.01. The molecule has 0 unspecified atom stereocenters. The fourth-order valence-corrected chi connectivity index (χ4v) is 1.59. The van der Waals surface area contributed by atoms with Crippen LogP contribution in [0.3, 0.4) is 0 Å². The number of aromatic nitrogens is 2. The van der Waals surface area contributed by atoms with Gasteiger partial charge in [0.25, 0.3) is 0 Å². The average Bonchev–Trinajstić information content (AvgIpc) is 2.30. The molecule has 2 N–H and O–H groups in total. The Morgan fingerprint density at radius 3 is 2.39 bits per heavy atom. The first kappa shape index (κ1) is 12.4. The van der Waals surface area contributed by atoms with Gasteiger partial charge in [-0.05, 0) is 37.6 Å². The summed E-state index contributed by atoms with van der Waals surface area (Å²) in [6.07, 6.45) is 0. The summed E-state index contributed by atoms with van der Waals surface area (Å²) in [6, 6.07) is 6.55. The van der Waals surface area contributed by atoms with E-state index < -0.39 is 5.82 Å². The molecule has 1 aromatic heterocycles. The van der Waals surface area contributed by atoms with Crippen molar-refractivity contribution in [1.29, 1.82) is 0 Å². The molecule has 18 heavy (non-hydrogen) atoms. The van der Waals surface area contributed by atoms with Crippen molar-refractivity contribution >= 4 is 0 Å². The van der Waals surface area contributed by atoms with Crippen molar-refractivity contribution in [2.75, 3.05) is 0 Å². The standard InChI is InChI=1S/C13H14FN3O/c1-8-5-9(2)17-13(16-8)18-12-4-3-10(7-15)6-11(12)14/h3-6H,7,15H2,1-2H3. The molecule has 0 atom stereocenters. The molecule has 2 aromatic rings. The van der Waals surface area contributed by atoms with Crippen LogP contribution in [0.2, 0.25) is 0 Å². The number of ether oxygens (including phenoxy) is 1.